The summed E-state index contributed by atoms with van der Waals surface area (Å²) in [7, 11) is 0. The van der Waals surface area contributed by atoms with E-state index in [1.54, 1.807) is 6.07 Å². The second kappa shape index (κ2) is 6.21. The molecule has 19 heavy (non-hydrogen) atoms. The number of hydrogen-bond acceptors (Lipinski definition) is 6. The predicted octanol–water partition coefficient (Wildman–Crippen LogP) is 0.282. The molecule has 2 rings (SSSR count). The Morgan fingerprint density at radius 2 is 2.05 bits per heavy atom. The van der Waals surface area contributed by atoms with Gasteiger partial charge < -0.3 is 25.4 Å². The van der Waals surface area contributed by atoms with Crippen LogP contribution in [0.5, 0.6) is 0 Å². The predicted molar refractivity (Wildman–Crippen MR) is 70.5 cm³/mol. The Kier molecular flexibility index (Phi) is 4.83. The molecule has 0 unspecified atom stereocenters. The average molecular weight is 309 g/mol. The quantitative estimate of drug-likeness (QED) is 0.599. The van der Waals surface area contributed by atoms with Gasteiger partial charge in [0.25, 0.3) is 0 Å². The molecule has 4 N–H and O–H groups in total. The van der Waals surface area contributed by atoms with Crippen LogP contribution in [-0.2, 0) is 4.74 Å². The second-order valence-electron chi connectivity index (χ2n) is 4.28. The Labute approximate surface area is 119 Å². The highest BCUT2D eigenvalue weighted by Crippen LogP contribution is 2.22. The minimum Gasteiger partial charge on any atom is -0.394 e. The number of aliphatic hydroxyl groups is 3. The number of nitrogens with one attached hydrogen (secondary N) is 1. The summed E-state index contributed by atoms with van der Waals surface area (Å²) in [4.78, 5) is 4.00. The molecule has 1 fully saturated rings. The van der Waals surface area contributed by atoms with E-state index in [9.17, 15) is 10.2 Å². The molecule has 106 valence electrons. The van der Waals surface area contributed by atoms with Gasteiger partial charge in [0.05, 0.1) is 19.3 Å². The van der Waals surface area contributed by atoms with Crippen molar-refractivity contribution in [2.45, 2.75) is 24.4 Å². The molecule has 0 aliphatic carbocycles. The Balaban J connectivity index is 2.07. The van der Waals surface area contributed by atoms with E-state index in [2.05, 4.69) is 10.3 Å². The topological polar surface area (TPSA) is 94.8 Å². The highest BCUT2D eigenvalue weighted by Gasteiger charge is 2.38. The van der Waals surface area contributed by atoms with Crippen molar-refractivity contribution in [3.63, 3.8) is 0 Å². The Morgan fingerprint density at radius 1 is 1.32 bits per heavy atom. The number of aromatic nitrogens is 1. The highest BCUT2D eigenvalue weighted by molar-refractivity contribution is 6.34. The van der Waals surface area contributed by atoms with Gasteiger partial charge in [-0.2, -0.15) is 0 Å². The van der Waals surface area contributed by atoms with E-state index in [-0.39, 0.29) is 18.4 Å². The largest absolute Gasteiger partial charge is 0.394 e. The summed E-state index contributed by atoms with van der Waals surface area (Å²) in [5, 5.41) is 32.2. The molecule has 1 saturated heterocycles. The molecule has 1 aromatic rings. The molecule has 6 nitrogen and oxygen atoms in total. The first-order chi connectivity index (χ1) is 9.01. The fraction of sp³-hybridized carbons (Fsp3) is 0.545. The number of aliphatic hydroxyl groups excluding tert-OH is 3. The molecule has 1 aliphatic heterocycles. The normalized spacial score (nSPS) is 31.2. The lowest BCUT2D eigenvalue weighted by atomic mass is 9.98. The summed E-state index contributed by atoms with van der Waals surface area (Å²) in [6.45, 7) is -0.235. The molecule has 0 spiro atoms. The van der Waals surface area contributed by atoms with Gasteiger partial charge in [0, 0.05) is 5.02 Å². The second-order valence-corrected chi connectivity index (χ2v) is 5.10. The number of anilines is 1. The number of pyridine rings is 1. The van der Waals surface area contributed by atoms with Crippen molar-refractivity contribution in [1.29, 1.82) is 0 Å². The van der Waals surface area contributed by atoms with Gasteiger partial charge in [0.1, 0.15) is 29.3 Å². The van der Waals surface area contributed by atoms with Crippen LogP contribution in [0.15, 0.2) is 12.1 Å². The first-order valence-electron chi connectivity index (χ1n) is 5.69. The SMILES string of the molecule is OC[C@H]1OC[C@H](Nc2cc(Cl)cc(Cl)n2)[C@@H](O)[C@H]1O. The van der Waals surface area contributed by atoms with Crippen molar-refractivity contribution in [3.05, 3.63) is 22.3 Å². The standard InChI is InChI=1S/C11H14Cl2N2O4/c12-5-1-8(13)15-9(2-5)14-6-4-19-7(3-16)11(18)10(6)17/h1-2,6-7,10-11,16-18H,3-4H2,(H,14,15)/t6-,7+,10+,11-/m0/s1. The zero-order valence-corrected chi connectivity index (χ0v) is 11.3. The van der Waals surface area contributed by atoms with Crippen LogP contribution < -0.4 is 5.32 Å². The zero-order valence-electron chi connectivity index (χ0n) is 9.83. The van der Waals surface area contributed by atoms with Gasteiger partial charge in [-0.05, 0) is 12.1 Å². The third-order valence-electron chi connectivity index (χ3n) is 2.91. The van der Waals surface area contributed by atoms with Gasteiger partial charge in [-0.3, -0.25) is 0 Å². The van der Waals surface area contributed by atoms with E-state index >= 15 is 0 Å². The van der Waals surface area contributed by atoms with E-state index in [1.807, 2.05) is 0 Å². The van der Waals surface area contributed by atoms with Crippen molar-refractivity contribution in [3.8, 4) is 0 Å². The molecule has 1 aliphatic rings. The molecule has 0 amide bonds. The molecular formula is C11H14Cl2N2O4. The van der Waals surface area contributed by atoms with Crippen LogP contribution in [0.2, 0.25) is 10.2 Å². The first-order valence-corrected chi connectivity index (χ1v) is 6.45. The average Bonchev–Trinajstić information content (AvgIpc) is 2.34. The summed E-state index contributed by atoms with van der Waals surface area (Å²) >= 11 is 11.6. The number of hydrogen-bond donors (Lipinski definition) is 4. The van der Waals surface area contributed by atoms with E-state index < -0.39 is 24.4 Å². The third-order valence-corrected chi connectivity index (χ3v) is 3.32. The minimum atomic E-state index is -1.18. The highest BCUT2D eigenvalue weighted by atomic mass is 35.5. The maximum atomic E-state index is 9.94. The minimum absolute atomic E-state index is 0.120. The van der Waals surface area contributed by atoms with Gasteiger partial charge in [-0.25, -0.2) is 4.98 Å². The lowest BCUT2D eigenvalue weighted by molar-refractivity contribution is -0.152. The monoisotopic (exact) mass is 308 g/mol. The van der Waals surface area contributed by atoms with Crippen LogP contribution in [0.3, 0.4) is 0 Å². The van der Waals surface area contributed by atoms with Crippen molar-refractivity contribution in [1.82, 2.24) is 4.98 Å². The van der Waals surface area contributed by atoms with E-state index in [0.29, 0.717) is 10.8 Å². The third kappa shape index (κ3) is 3.47. The van der Waals surface area contributed by atoms with E-state index in [4.69, 9.17) is 33.0 Å². The number of nitrogens with zero attached hydrogens (tertiary/aromatic N) is 1. The molecule has 0 bridgehead atoms. The van der Waals surface area contributed by atoms with Crippen LogP contribution in [0.4, 0.5) is 5.82 Å². The van der Waals surface area contributed by atoms with Crippen molar-refractivity contribution >= 4 is 29.0 Å². The van der Waals surface area contributed by atoms with E-state index in [0.717, 1.165) is 0 Å². The fourth-order valence-electron chi connectivity index (χ4n) is 1.90. The number of ether oxygens (including phenoxy) is 1. The van der Waals surface area contributed by atoms with Crippen LogP contribution in [0.1, 0.15) is 0 Å². The molecule has 0 saturated carbocycles. The summed E-state index contributed by atoms with van der Waals surface area (Å²) in [5.41, 5.74) is 0. The summed E-state index contributed by atoms with van der Waals surface area (Å²) in [5.74, 6) is 0.375. The summed E-state index contributed by atoms with van der Waals surface area (Å²) in [6, 6.07) is 2.46. The van der Waals surface area contributed by atoms with Gasteiger partial charge in [-0.15, -0.1) is 0 Å². The molecular weight excluding hydrogens is 295 g/mol. The Hall–Kier alpha value is -0.630. The Morgan fingerprint density at radius 3 is 2.68 bits per heavy atom. The smallest absolute Gasteiger partial charge is 0.132 e. The van der Waals surface area contributed by atoms with Crippen molar-refractivity contribution in [2.24, 2.45) is 0 Å². The van der Waals surface area contributed by atoms with Crippen LogP contribution in [-0.4, -0.2) is 57.9 Å². The van der Waals surface area contributed by atoms with Crippen LogP contribution >= 0.6 is 23.2 Å². The lowest BCUT2D eigenvalue weighted by Crippen LogP contribution is -2.56. The van der Waals surface area contributed by atoms with Crippen LogP contribution in [0, 0.1) is 0 Å². The molecule has 2 heterocycles. The number of rotatable bonds is 3. The maximum absolute atomic E-state index is 9.94. The van der Waals surface area contributed by atoms with Crippen molar-refractivity contribution in [2.75, 3.05) is 18.5 Å². The van der Waals surface area contributed by atoms with Gasteiger partial charge in [-0.1, -0.05) is 23.2 Å². The van der Waals surface area contributed by atoms with Crippen LogP contribution in [0.25, 0.3) is 0 Å². The number of halogens is 2. The Bertz CT molecular complexity index is 428. The lowest BCUT2D eigenvalue weighted by Gasteiger charge is -2.37. The summed E-state index contributed by atoms with van der Waals surface area (Å²) < 4.78 is 5.24. The molecule has 4 atom stereocenters. The summed E-state index contributed by atoms with van der Waals surface area (Å²) in [6.07, 6.45) is -3.06. The van der Waals surface area contributed by atoms with E-state index in [1.165, 1.54) is 6.07 Å². The maximum Gasteiger partial charge on any atom is 0.132 e. The zero-order chi connectivity index (χ0) is 14.0. The molecule has 0 aromatic carbocycles. The molecule has 8 heteroatoms. The van der Waals surface area contributed by atoms with Gasteiger partial charge in [0.2, 0.25) is 0 Å². The van der Waals surface area contributed by atoms with Gasteiger partial charge in [0.15, 0.2) is 0 Å². The molecule has 0 radical (unpaired) electrons. The first kappa shape index (κ1) is 14.8. The fourth-order valence-corrected chi connectivity index (χ4v) is 2.37. The molecule has 1 aromatic heterocycles. The van der Waals surface area contributed by atoms with Gasteiger partial charge >= 0.3 is 0 Å². The van der Waals surface area contributed by atoms with Crippen molar-refractivity contribution < 1.29 is 20.1 Å².